The van der Waals surface area contributed by atoms with Gasteiger partial charge >= 0.3 is 5.97 Å². The molecule has 0 aliphatic carbocycles. The van der Waals surface area contributed by atoms with Crippen LogP contribution in [0.1, 0.15) is 31.7 Å². The van der Waals surface area contributed by atoms with Crippen molar-refractivity contribution in [1.82, 2.24) is 24.9 Å². The molecule has 0 spiro atoms. The fourth-order valence-electron chi connectivity index (χ4n) is 2.49. The first-order chi connectivity index (χ1) is 11.8. The first-order valence-electron chi connectivity index (χ1n) is 8.01. The first-order valence-corrected chi connectivity index (χ1v) is 8.99. The Balaban J connectivity index is 2.03. The van der Waals surface area contributed by atoms with Crippen LogP contribution in [0.25, 0.3) is 5.78 Å². The number of esters is 1. The van der Waals surface area contributed by atoms with Crippen molar-refractivity contribution in [3.05, 3.63) is 17.5 Å². The van der Waals surface area contributed by atoms with E-state index in [0.29, 0.717) is 17.4 Å². The lowest BCUT2D eigenvalue weighted by Crippen LogP contribution is -2.43. The lowest BCUT2D eigenvalue weighted by atomic mass is 10.0. The van der Waals surface area contributed by atoms with Crippen LogP contribution in [0, 0.1) is 19.8 Å². The van der Waals surface area contributed by atoms with E-state index in [1.54, 1.807) is 4.40 Å². The van der Waals surface area contributed by atoms with Crippen LogP contribution >= 0.6 is 11.8 Å². The summed E-state index contributed by atoms with van der Waals surface area (Å²) in [7, 11) is 1.32. The number of aryl methyl sites for hydroxylation is 2. The highest BCUT2D eigenvalue weighted by molar-refractivity contribution is 7.99. The molecule has 2 aromatic rings. The van der Waals surface area contributed by atoms with Crippen LogP contribution in [0.4, 0.5) is 0 Å². The zero-order valence-electron chi connectivity index (χ0n) is 15.1. The molecule has 1 atom stereocenters. The third-order valence-electron chi connectivity index (χ3n) is 3.52. The van der Waals surface area contributed by atoms with Crippen LogP contribution in [0.3, 0.4) is 0 Å². The van der Waals surface area contributed by atoms with Crippen LogP contribution < -0.4 is 5.32 Å². The fourth-order valence-corrected chi connectivity index (χ4v) is 3.28. The van der Waals surface area contributed by atoms with E-state index in [4.69, 9.17) is 4.74 Å². The van der Waals surface area contributed by atoms with Gasteiger partial charge in [-0.15, -0.1) is 10.2 Å². The number of nitrogens with zero attached hydrogens (tertiary/aromatic N) is 4. The number of carbonyl (C=O) groups excluding carboxylic acids is 2. The highest BCUT2D eigenvalue weighted by Gasteiger charge is 2.23. The van der Waals surface area contributed by atoms with Gasteiger partial charge in [0.15, 0.2) is 5.16 Å². The standard InChI is InChI=1S/C16H23N5O3S/c1-9(2)6-12(14(23)24-5)18-13(22)8-25-16-20-19-15-17-10(3)7-11(4)21(15)16/h7,9,12H,6,8H2,1-5H3,(H,18,22)/t12-/m0/s1. The van der Waals surface area contributed by atoms with Gasteiger partial charge in [0.25, 0.3) is 5.78 Å². The van der Waals surface area contributed by atoms with E-state index in [-0.39, 0.29) is 17.6 Å². The van der Waals surface area contributed by atoms with E-state index >= 15 is 0 Å². The Morgan fingerprint density at radius 2 is 2.04 bits per heavy atom. The van der Waals surface area contributed by atoms with Crippen molar-refractivity contribution in [3.8, 4) is 0 Å². The van der Waals surface area contributed by atoms with E-state index < -0.39 is 12.0 Å². The third kappa shape index (κ3) is 4.91. The molecule has 0 aliphatic rings. The number of rotatable bonds is 7. The van der Waals surface area contributed by atoms with Gasteiger partial charge < -0.3 is 10.1 Å². The summed E-state index contributed by atoms with van der Waals surface area (Å²) >= 11 is 1.25. The largest absolute Gasteiger partial charge is 0.467 e. The molecule has 8 nitrogen and oxygen atoms in total. The summed E-state index contributed by atoms with van der Waals surface area (Å²) in [6, 6.07) is 1.29. The molecule has 0 aromatic carbocycles. The molecule has 2 rings (SSSR count). The number of methoxy groups -OCH3 is 1. The normalized spacial score (nSPS) is 12.4. The SMILES string of the molecule is COC(=O)[C@H](CC(C)C)NC(=O)CSc1nnc2nc(C)cc(C)n12. The number of nitrogens with one attached hydrogen (secondary N) is 1. The highest BCUT2D eigenvalue weighted by Crippen LogP contribution is 2.18. The maximum Gasteiger partial charge on any atom is 0.328 e. The van der Waals surface area contributed by atoms with Gasteiger partial charge in [-0.2, -0.15) is 0 Å². The van der Waals surface area contributed by atoms with E-state index in [9.17, 15) is 9.59 Å². The van der Waals surface area contributed by atoms with Crippen LogP contribution in [0.2, 0.25) is 0 Å². The van der Waals surface area contributed by atoms with Gasteiger partial charge in [0.05, 0.1) is 12.9 Å². The molecule has 136 valence electrons. The van der Waals surface area contributed by atoms with Crippen molar-refractivity contribution in [2.75, 3.05) is 12.9 Å². The van der Waals surface area contributed by atoms with Crippen molar-refractivity contribution < 1.29 is 14.3 Å². The smallest absolute Gasteiger partial charge is 0.328 e. The Hall–Kier alpha value is -2.16. The van der Waals surface area contributed by atoms with E-state index in [0.717, 1.165) is 11.4 Å². The van der Waals surface area contributed by atoms with Gasteiger partial charge in [0.2, 0.25) is 5.91 Å². The van der Waals surface area contributed by atoms with Crippen molar-refractivity contribution >= 4 is 29.4 Å². The molecule has 1 N–H and O–H groups in total. The number of thioether (sulfide) groups is 1. The quantitative estimate of drug-likeness (QED) is 0.587. The molecular weight excluding hydrogens is 342 g/mol. The predicted octanol–water partition coefficient (Wildman–Crippen LogP) is 1.54. The molecule has 25 heavy (non-hydrogen) atoms. The Morgan fingerprint density at radius 3 is 2.68 bits per heavy atom. The Labute approximate surface area is 150 Å². The summed E-state index contributed by atoms with van der Waals surface area (Å²) in [4.78, 5) is 28.3. The minimum atomic E-state index is -0.640. The molecule has 2 aromatic heterocycles. The minimum Gasteiger partial charge on any atom is -0.467 e. The van der Waals surface area contributed by atoms with Crippen molar-refractivity contribution in [3.63, 3.8) is 0 Å². The molecular formula is C16H23N5O3S. The van der Waals surface area contributed by atoms with Crippen LogP contribution in [-0.2, 0) is 14.3 Å². The number of aromatic nitrogens is 4. The number of amides is 1. The van der Waals surface area contributed by atoms with Gasteiger partial charge in [0.1, 0.15) is 6.04 Å². The molecule has 9 heteroatoms. The molecule has 2 heterocycles. The van der Waals surface area contributed by atoms with Crippen molar-refractivity contribution in [1.29, 1.82) is 0 Å². The number of hydrogen-bond acceptors (Lipinski definition) is 7. The zero-order valence-corrected chi connectivity index (χ0v) is 15.9. The molecule has 0 fully saturated rings. The van der Waals surface area contributed by atoms with Crippen molar-refractivity contribution in [2.24, 2.45) is 5.92 Å². The van der Waals surface area contributed by atoms with Gasteiger partial charge in [-0.1, -0.05) is 25.6 Å². The second-order valence-electron chi connectivity index (χ2n) is 6.22. The van der Waals surface area contributed by atoms with Gasteiger partial charge in [-0.3, -0.25) is 9.20 Å². The average molecular weight is 365 g/mol. The Bertz CT molecular complexity index is 774. The number of carbonyl (C=O) groups is 2. The number of fused-ring (bicyclic) bond motifs is 1. The van der Waals surface area contributed by atoms with E-state index in [2.05, 4.69) is 20.5 Å². The van der Waals surface area contributed by atoms with Gasteiger partial charge in [-0.25, -0.2) is 9.78 Å². The Kier molecular flexibility index (Phi) is 6.35. The summed E-state index contributed by atoms with van der Waals surface area (Å²) in [5, 5.41) is 11.4. The summed E-state index contributed by atoms with van der Waals surface area (Å²) in [6.45, 7) is 7.79. The van der Waals surface area contributed by atoms with Crippen LogP contribution in [-0.4, -0.2) is 50.4 Å². The Morgan fingerprint density at radius 1 is 1.32 bits per heavy atom. The highest BCUT2D eigenvalue weighted by atomic mass is 32.2. The second kappa shape index (κ2) is 8.28. The number of hydrogen-bond donors (Lipinski definition) is 1. The summed E-state index contributed by atoms with van der Waals surface area (Å²) in [5.74, 6) is 0.202. The fraction of sp³-hybridized carbons (Fsp3) is 0.562. The molecule has 0 unspecified atom stereocenters. The molecule has 0 saturated carbocycles. The summed E-state index contributed by atoms with van der Waals surface area (Å²) < 4.78 is 6.56. The maximum absolute atomic E-state index is 12.2. The molecule has 1 amide bonds. The predicted molar refractivity (Wildman–Crippen MR) is 94.4 cm³/mol. The molecule has 0 radical (unpaired) electrons. The van der Waals surface area contributed by atoms with Crippen LogP contribution in [0.15, 0.2) is 11.2 Å². The van der Waals surface area contributed by atoms with Crippen LogP contribution in [0.5, 0.6) is 0 Å². The molecule has 0 bridgehead atoms. The van der Waals surface area contributed by atoms with Gasteiger partial charge in [-0.05, 0) is 32.3 Å². The van der Waals surface area contributed by atoms with E-state index in [1.165, 1.54) is 18.9 Å². The minimum absolute atomic E-state index is 0.125. The first kappa shape index (κ1) is 19.2. The lowest BCUT2D eigenvalue weighted by Gasteiger charge is -2.18. The van der Waals surface area contributed by atoms with E-state index in [1.807, 2.05) is 33.8 Å². The third-order valence-corrected chi connectivity index (χ3v) is 4.45. The monoisotopic (exact) mass is 365 g/mol. The topological polar surface area (TPSA) is 98.5 Å². The maximum atomic E-state index is 12.2. The van der Waals surface area contributed by atoms with Gasteiger partial charge in [0, 0.05) is 11.4 Å². The van der Waals surface area contributed by atoms with Crippen molar-refractivity contribution in [2.45, 2.75) is 45.3 Å². The average Bonchev–Trinajstić information content (AvgIpc) is 2.94. The number of ether oxygens (including phenoxy) is 1. The second-order valence-corrected chi connectivity index (χ2v) is 7.16. The lowest BCUT2D eigenvalue weighted by molar-refractivity contribution is -0.145. The molecule has 0 saturated heterocycles. The summed E-state index contributed by atoms with van der Waals surface area (Å²) in [5.41, 5.74) is 1.81. The zero-order chi connectivity index (χ0) is 18.6. The summed E-state index contributed by atoms with van der Waals surface area (Å²) in [6.07, 6.45) is 0.527. The molecule has 0 aliphatic heterocycles.